The van der Waals surface area contributed by atoms with Gasteiger partial charge < -0.3 is 10.5 Å². The van der Waals surface area contributed by atoms with Crippen molar-refractivity contribution in [3.63, 3.8) is 0 Å². The molecule has 4 nitrogen and oxygen atoms in total. The van der Waals surface area contributed by atoms with E-state index in [2.05, 4.69) is 15.5 Å². The molecule has 0 amide bonds. The van der Waals surface area contributed by atoms with Crippen molar-refractivity contribution in [2.45, 2.75) is 20.8 Å². The summed E-state index contributed by atoms with van der Waals surface area (Å²) in [4.78, 5) is 4.13. The van der Waals surface area contributed by atoms with Crippen LogP contribution in [0.5, 0.6) is 0 Å². The van der Waals surface area contributed by atoms with Crippen LogP contribution in [0, 0.1) is 20.8 Å². The molecule has 3 rings (SSSR count). The SMILES string of the molecule is Cc1ccc(C)c(C(=NO)c2ccc(Nc3cnccc3C)cc2Cl)c1. The van der Waals surface area contributed by atoms with Gasteiger partial charge >= 0.3 is 0 Å². The standard InChI is InChI=1S/C21H20ClN3O/c1-13-4-5-14(2)18(10-13)21(25-26)17-7-6-16(11-19(17)22)24-20-12-23-9-8-15(20)3/h4-12,24,26H,1-3H3. The molecule has 2 N–H and O–H groups in total. The fraction of sp³-hybridized carbons (Fsp3) is 0.143. The zero-order valence-corrected chi connectivity index (χ0v) is 15.7. The van der Waals surface area contributed by atoms with Crippen molar-refractivity contribution in [1.29, 1.82) is 0 Å². The van der Waals surface area contributed by atoms with Crippen LogP contribution in [0.4, 0.5) is 11.4 Å². The normalized spacial score (nSPS) is 11.5. The highest BCUT2D eigenvalue weighted by molar-refractivity contribution is 6.35. The lowest BCUT2D eigenvalue weighted by Crippen LogP contribution is -2.07. The summed E-state index contributed by atoms with van der Waals surface area (Å²) in [7, 11) is 0. The second kappa shape index (κ2) is 7.58. The van der Waals surface area contributed by atoms with Gasteiger partial charge in [-0.1, -0.05) is 34.5 Å². The van der Waals surface area contributed by atoms with Gasteiger partial charge in [0.1, 0.15) is 5.71 Å². The quantitative estimate of drug-likeness (QED) is 0.358. The van der Waals surface area contributed by atoms with Crippen LogP contribution in [0.3, 0.4) is 0 Å². The molecule has 5 heteroatoms. The van der Waals surface area contributed by atoms with E-state index in [0.29, 0.717) is 16.3 Å². The molecule has 0 spiro atoms. The molecule has 0 bridgehead atoms. The molecule has 2 aromatic carbocycles. The average molecular weight is 366 g/mol. The van der Waals surface area contributed by atoms with Crippen LogP contribution in [0.25, 0.3) is 0 Å². The van der Waals surface area contributed by atoms with Crippen LogP contribution in [0.1, 0.15) is 27.8 Å². The van der Waals surface area contributed by atoms with Gasteiger partial charge in [0.15, 0.2) is 0 Å². The van der Waals surface area contributed by atoms with E-state index in [1.165, 1.54) is 0 Å². The Kier molecular flexibility index (Phi) is 5.24. The van der Waals surface area contributed by atoms with Crippen LogP contribution >= 0.6 is 11.6 Å². The molecule has 26 heavy (non-hydrogen) atoms. The number of hydrogen-bond donors (Lipinski definition) is 2. The fourth-order valence-electron chi connectivity index (χ4n) is 2.78. The number of aromatic nitrogens is 1. The summed E-state index contributed by atoms with van der Waals surface area (Å²) >= 11 is 6.50. The van der Waals surface area contributed by atoms with Crippen LogP contribution in [-0.4, -0.2) is 15.9 Å². The molecule has 0 saturated carbocycles. The smallest absolute Gasteiger partial charge is 0.118 e. The molecule has 0 fully saturated rings. The number of benzene rings is 2. The van der Waals surface area contributed by atoms with Crippen LogP contribution in [0.2, 0.25) is 5.02 Å². The molecule has 0 aliphatic rings. The van der Waals surface area contributed by atoms with Gasteiger partial charge in [0, 0.05) is 23.0 Å². The van der Waals surface area contributed by atoms with Gasteiger partial charge in [-0.15, -0.1) is 0 Å². The number of pyridine rings is 1. The minimum absolute atomic E-state index is 0.459. The van der Waals surface area contributed by atoms with E-state index in [1.54, 1.807) is 12.4 Å². The summed E-state index contributed by atoms with van der Waals surface area (Å²) in [5, 5.41) is 17.0. The molecular formula is C21H20ClN3O. The third-order valence-electron chi connectivity index (χ3n) is 4.29. The van der Waals surface area contributed by atoms with E-state index >= 15 is 0 Å². The molecule has 132 valence electrons. The lowest BCUT2D eigenvalue weighted by Gasteiger charge is -2.13. The Bertz CT molecular complexity index is 983. The summed E-state index contributed by atoms with van der Waals surface area (Å²) in [5.74, 6) is 0. The van der Waals surface area contributed by atoms with Crippen LogP contribution in [0.15, 0.2) is 60.0 Å². The Hall–Kier alpha value is -2.85. The van der Waals surface area contributed by atoms with Crippen molar-refractivity contribution in [3.8, 4) is 0 Å². The summed E-state index contributed by atoms with van der Waals surface area (Å²) in [6.07, 6.45) is 3.53. The largest absolute Gasteiger partial charge is 0.410 e. The lowest BCUT2D eigenvalue weighted by molar-refractivity contribution is 0.319. The monoisotopic (exact) mass is 365 g/mol. The number of nitrogens with one attached hydrogen (secondary N) is 1. The van der Waals surface area contributed by atoms with Crippen molar-refractivity contribution in [1.82, 2.24) is 4.98 Å². The topological polar surface area (TPSA) is 57.5 Å². The zero-order chi connectivity index (χ0) is 18.7. The molecule has 0 aliphatic heterocycles. The van der Waals surface area contributed by atoms with E-state index in [9.17, 15) is 5.21 Å². The Morgan fingerprint density at radius 3 is 2.50 bits per heavy atom. The first-order valence-corrected chi connectivity index (χ1v) is 8.64. The summed E-state index contributed by atoms with van der Waals surface area (Å²) in [6.45, 7) is 5.99. The van der Waals surface area contributed by atoms with Gasteiger partial charge in [0.25, 0.3) is 0 Å². The van der Waals surface area contributed by atoms with Gasteiger partial charge in [0.2, 0.25) is 0 Å². The Labute approximate surface area is 158 Å². The number of oxime groups is 1. The van der Waals surface area contributed by atoms with E-state index in [4.69, 9.17) is 11.6 Å². The second-order valence-corrected chi connectivity index (χ2v) is 6.68. The predicted octanol–water partition coefficient (Wildman–Crippen LogP) is 5.63. The molecule has 1 aromatic heterocycles. The maximum absolute atomic E-state index is 9.62. The highest BCUT2D eigenvalue weighted by Gasteiger charge is 2.15. The summed E-state index contributed by atoms with van der Waals surface area (Å²) < 4.78 is 0. The number of nitrogens with zero attached hydrogens (tertiary/aromatic N) is 2. The second-order valence-electron chi connectivity index (χ2n) is 6.28. The maximum atomic E-state index is 9.62. The Morgan fingerprint density at radius 2 is 1.81 bits per heavy atom. The van der Waals surface area contributed by atoms with Crippen molar-refractivity contribution >= 4 is 28.7 Å². The Morgan fingerprint density at radius 1 is 1.00 bits per heavy atom. The molecule has 0 aliphatic carbocycles. The third kappa shape index (κ3) is 3.70. The molecule has 0 atom stereocenters. The highest BCUT2D eigenvalue weighted by Crippen LogP contribution is 2.28. The summed E-state index contributed by atoms with van der Waals surface area (Å²) in [6, 6.07) is 13.5. The zero-order valence-electron chi connectivity index (χ0n) is 14.9. The third-order valence-corrected chi connectivity index (χ3v) is 4.60. The minimum atomic E-state index is 0.459. The minimum Gasteiger partial charge on any atom is -0.410 e. The van der Waals surface area contributed by atoms with Gasteiger partial charge in [-0.2, -0.15) is 0 Å². The number of aryl methyl sites for hydroxylation is 3. The first-order valence-electron chi connectivity index (χ1n) is 8.27. The molecule has 0 saturated heterocycles. The van der Waals surface area contributed by atoms with Crippen molar-refractivity contribution in [2.75, 3.05) is 5.32 Å². The van der Waals surface area contributed by atoms with Gasteiger partial charge in [0.05, 0.1) is 16.9 Å². The van der Waals surface area contributed by atoms with Gasteiger partial charge in [-0.05, 0) is 62.2 Å². The van der Waals surface area contributed by atoms with Gasteiger partial charge in [-0.3, -0.25) is 4.98 Å². The highest BCUT2D eigenvalue weighted by atomic mass is 35.5. The maximum Gasteiger partial charge on any atom is 0.118 e. The van der Waals surface area contributed by atoms with E-state index < -0.39 is 0 Å². The van der Waals surface area contributed by atoms with Crippen LogP contribution in [-0.2, 0) is 0 Å². The van der Waals surface area contributed by atoms with E-state index in [-0.39, 0.29) is 0 Å². The number of anilines is 2. The molecule has 3 aromatic rings. The van der Waals surface area contributed by atoms with E-state index in [0.717, 1.165) is 33.6 Å². The van der Waals surface area contributed by atoms with Crippen molar-refractivity contribution < 1.29 is 5.21 Å². The fourth-order valence-corrected chi connectivity index (χ4v) is 3.05. The Balaban J connectivity index is 1.96. The molecule has 0 unspecified atom stereocenters. The van der Waals surface area contributed by atoms with Crippen LogP contribution < -0.4 is 5.32 Å². The number of hydrogen-bond acceptors (Lipinski definition) is 4. The van der Waals surface area contributed by atoms with Gasteiger partial charge in [-0.25, -0.2) is 0 Å². The van der Waals surface area contributed by atoms with E-state index in [1.807, 2.05) is 63.2 Å². The first kappa shape index (κ1) is 18.0. The number of rotatable bonds is 4. The summed E-state index contributed by atoms with van der Waals surface area (Å²) in [5.41, 5.74) is 6.96. The molecular weight excluding hydrogens is 346 g/mol. The molecule has 0 radical (unpaired) electrons. The lowest BCUT2D eigenvalue weighted by atomic mass is 9.96. The molecule has 1 heterocycles. The predicted molar refractivity (Wildman–Crippen MR) is 107 cm³/mol. The first-order chi connectivity index (χ1) is 12.5. The number of halogens is 1. The average Bonchev–Trinajstić information content (AvgIpc) is 2.62. The van der Waals surface area contributed by atoms with Crippen molar-refractivity contribution in [2.24, 2.45) is 5.16 Å². The van der Waals surface area contributed by atoms with Crippen molar-refractivity contribution in [3.05, 3.63) is 87.7 Å².